The second kappa shape index (κ2) is 6.70. The number of phenols is 1. The minimum Gasteiger partial charge on any atom is -0.507 e. The topological polar surface area (TPSA) is 20.2 Å². The van der Waals surface area contributed by atoms with Crippen LogP contribution < -0.4 is 10.6 Å². The van der Waals surface area contributed by atoms with E-state index in [0.29, 0.717) is 14.3 Å². The normalized spacial score (nSPS) is 12.0. The Morgan fingerprint density at radius 3 is 2.50 bits per heavy atom. The van der Waals surface area contributed by atoms with Gasteiger partial charge in [-0.15, -0.1) is 8.58 Å². The summed E-state index contributed by atoms with van der Waals surface area (Å²) >= 11 is 0. The van der Waals surface area contributed by atoms with Crippen molar-refractivity contribution in [1.82, 2.24) is 0 Å². The van der Waals surface area contributed by atoms with Gasteiger partial charge in [0.15, 0.2) is 0 Å². The predicted molar refractivity (Wildman–Crippen MR) is 94.3 cm³/mol. The van der Waals surface area contributed by atoms with Crippen LogP contribution in [0.15, 0.2) is 30.3 Å². The van der Waals surface area contributed by atoms with Gasteiger partial charge in [-0.3, -0.25) is 0 Å². The Bertz CT molecular complexity index is 621. The van der Waals surface area contributed by atoms with Gasteiger partial charge in [0.2, 0.25) is 0 Å². The first-order valence-corrected chi connectivity index (χ1v) is 9.54. The maximum Gasteiger partial charge on any atom is 0.126 e. The van der Waals surface area contributed by atoms with Crippen molar-refractivity contribution in [3.8, 4) is 5.75 Å². The summed E-state index contributed by atoms with van der Waals surface area (Å²) in [4.78, 5) is 0. The van der Waals surface area contributed by atoms with Crippen LogP contribution in [-0.2, 0) is 6.16 Å². The van der Waals surface area contributed by atoms with Crippen LogP contribution >= 0.6 is 17.2 Å². The molecule has 1 N–H and O–H groups in total. The molecule has 2 aromatic rings. The Balaban J connectivity index is 2.44. The average molecular weight is 304 g/mol. The Morgan fingerprint density at radius 1 is 1.05 bits per heavy atom. The molecule has 0 amide bonds. The van der Waals surface area contributed by atoms with Crippen LogP contribution in [-0.4, -0.2) is 11.8 Å². The van der Waals surface area contributed by atoms with E-state index in [-0.39, 0.29) is 0 Å². The monoisotopic (exact) mass is 304 g/mol. The molecular formula is C17H22OP2. The number of aryl methyl sites for hydroxylation is 3. The van der Waals surface area contributed by atoms with Gasteiger partial charge in [0, 0.05) is 5.30 Å². The van der Waals surface area contributed by atoms with Gasteiger partial charge in [-0.25, -0.2) is 0 Å². The Labute approximate surface area is 125 Å². The van der Waals surface area contributed by atoms with Crippen LogP contribution in [0.25, 0.3) is 0 Å². The molecule has 106 valence electrons. The second-order valence-electron chi connectivity index (χ2n) is 5.24. The molecule has 0 aliphatic heterocycles. The van der Waals surface area contributed by atoms with Crippen molar-refractivity contribution in [1.29, 1.82) is 0 Å². The number of aromatic hydroxyl groups is 1. The Kier molecular flexibility index (Phi) is 5.19. The number of benzene rings is 2. The van der Waals surface area contributed by atoms with Gasteiger partial charge in [0.05, 0.1) is 0 Å². The number of hydrogen-bond donors (Lipinski definition) is 1. The summed E-state index contributed by atoms with van der Waals surface area (Å²) in [5, 5.41) is 12.8. The van der Waals surface area contributed by atoms with Crippen LogP contribution in [0, 0.1) is 20.8 Å². The van der Waals surface area contributed by atoms with Crippen LogP contribution in [0.4, 0.5) is 0 Å². The molecule has 2 aromatic carbocycles. The average Bonchev–Trinajstić information content (AvgIpc) is 2.39. The van der Waals surface area contributed by atoms with E-state index in [0.717, 1.165) is 25.6 Å². The molecule has 0 radical (unpaired) electrons. The van der Waals surface area contributed by atoms with Gasteiger partial charge in [-0.05, 0) is 67.2 Å². The highest BCUT2D eigenvalue weighted by molar-refractivity contribution is 7.56. The molecule has 0 spiro atoms. The zero-order chi connectivity index (χ0) is 14.7. The predicted octanol–water partition coefficient (Wildman–Crippen LogP) is 3.76. The summed E-state index contributed by atoms with van der Waals surface area (Å²) < 4.78 is 0. The van der Waals surface area contributed by atoms with Crippen LogP contribution in [0.1, 0.15) is 22.3 Å². The minimum absolute atomic E-state index is 0.460. The lowest BCUT2D eigenvalue weighted by Gasteiger charge is -2.15. The lowest BCUT2D eigenvalue weighted by atomic mass is 10.1. The highest BCUT2D eigenvalue weighted by Crippen LogP contribution is 2.27. The number of phenolic OH excluding ortho intramolecular Hbond substituents is 1. The lowest BCUT2D eigenvalue weighted by molar-refractivity contribution is 0.475. The molecule has 0 heterocycles. The highest BCUT2D eigenvalue weighted by Gasteiger charge is 2.11. The third kappa shape index (κ3) is 3.40. The van der Waals surface area contributed by atoms with Gasteiger partial charge in [0.1, 0.15) is 5.75 Å². The van der Waals surface area contributed by atoms with E-state index in [1.165, 1.54) is 22.0 Å². The SMILES string of the molecule is CPCc1cccc(C)c1Pc1cc(C)cc(C)c1O. The largest absolute Gasteiger partial charge is 0.507 e. The molecule has 0 fully saturated rings. The standard InChI is InChI=1S/C17H22OP2/c1-11-8-13(3)16(18)15(9-11)20-17-12(2)6-5-7-14(17)10-19-4/h5-9,18-20H,10H2,1-4H3. The fraction of sp³-hybridized carbons (Fsp3) is 0.294. The van der Waals surface area contributed by atoms with Crippen molar-refractivity contribution < 1.29 is 5.11 Å². The molecule has 0 saturated heterocycles. The molecule has 2 rings (SSSR count). The fourth-order valence-electron chi connectivity index (χ4n) is 2.44. The molecule has 0 aromatic heterocycles. The highest BCUT2D eigenvalue weighted by atomic mass is 31.1. The van der Waals surface area contributed by atoms with E-state index in [9.17, 15) is 5.11 Å². The van der Waals surface area contributed by atoms with E-state index in [1.807, 2.05) is 13.0 Å². The van der Waals surface area contributed by atoms with E-state index in [1.54, 1.807) is 0 Å². The van der Waals surface area contributed by atoms with E-state index in [2.05, 4.69) is 44.8 Å². The van der Waals surface area contributed by atoms with Crippen molar-refractivity contribution in [2.45, 2.75) is 26.9 Å². The summed E-state index contributed by atoms with van der Waals surface area (Å²) in [5.41, 5.74) is 4.95. The van der Waals surface area contributed by atoms with Crippen LogP contribution in [0.5, 0.6) is 5.75 Å². The minimum atomic E-state index is 0.460. The van der Waals surface area contributed by atoms with Gasteiger partial charge >= 0.3 is 0 Å². The maximum absolute atomic E-state index is 10.3. The molecule has 0 bridgehead atoms. The second-order valence-corrected chi connectivity index (χ2v) is 7.59. The lowest BCUT2D eigenvalue weighted by Crippen LogP contribution is -2.12. The van der Waals surface area contributed by atoms with Gasteiger partial charge in [0.25, 0.3) is 0 Å². The fourth-order valence-corrected chi connectivity index (χ4v) is 4.78. The first-order chi connectivity index (χ1) is 9.52. The molecule has 3 heteroatoms. The molecular weight excluding hydrogens is 282 g/mol. The van der Waals surface area contributed by atoms with Crippen LogP contribution in [0.3, 0.4) is 0 Å². The number of rotatable bonds is 4. The summed E-state index contributed by atoms with van der Waals surface area (Å²) in [5.74, 6) is 0.460. The zero-order valence-corrected chi connectivity index (χ0v) is 14.5. The van der Waals surface area contributed by atoms with E-state index < -0.39 is 0 Å². The third-order valence-electron chi connectivity index (χ3n) is 3.43. The molecule has 0 saturated carbocycles. The van der Waals surface area contributed by atoms with E-state index >= 15 is 0 Å². The molecule has 0 aliphatic rings. The van der Waals surface area contributed by atoms with Crippen LogP contribution in [0.2, 0.25) is 0 Å². The van der Waals surface area contributed by atoms with E-state index in [4.69, 9.17) is 0 Å². The zero-order valence-electron chi connectivity index (χ0n) is 12.5. The summed E-state index contributed by atoms with van der Waals surface area (Å²) in [6.07, 6.45) is 1.13. The van der Waals surface area contributed by atoms with Crippen molar-refractivity contribution in [2.24, 2.45) is 0 Å². The molecule has 20 heavy (non-hydrogen) atoms. The van der Waals surface area contributed by atoms with Crippen molar-refractivity contribution >= 4 is 27.8 Å². The molecule has 0 aliphatic carbocycles. The quantitative estimate of drug-likeness (QED) is 0.853. The molecule has 2 atom stereocenters. The Hall–Kier alpha value is -0.900. The van der Waals surface area contributed by atoms with Crippen molar-refractivity contribution in [3.63, 3.8) is 0 Å². The maximum atomic E-state index is 10.3. The van der Waals surface area contributed by atoms with Crippen molar-refractivity contribution in [2.75, 3.05) is 6.66 Å². The van der Waals surface area contributed by atoms with Gasteiger partial charge < -0.3 is 5.11 Å². The summed E-state index contributed by atoms with van der Waals surface area (Å²) in [6, 6.07) is 10.7. The van der Waals surface area contributed by atoms with Gasteiger partial charge in [-0.2, -0.15) is 0 Å². The first kappa shape index (κ1) is 15.5. The third-order valence-corrected chi connectivity index (χ3v) is 5.78. The first-order valence-electron chi connectivity index (χ1n) is 6.83. The van der Waals surface area contributed by atoms with Gasteiger partial charge in [-0.1, -0.05) is 32.8 Å². The molecule has 1 nitrogen and oxygen atoms in total. The smallest absolute Gasteiger partial charge is 0.126 e. The number of hydrogen-bond acceptors (Lipinski definition) is 1. The Morgan fingerprint density at radius 2 is 1.80 bits per heavy atom. The summed E-state index contributed by atoms with van der Waals surface area (Å²) in [6.45, 7) is 8.48. The molecule has 2 unspecified atom stereocenters. The van der Waals surface area contributed by atoms with Crippen molar-refractivity contribution in [3.05, 3.63) is 52.6 Å². The summed E-state index contributed by atoms with van der Waals surface area (Å²) in [7, 11) is 1.45.